The van der Waals surface area contributed by atoms with E-state index in [0.717, 1.165) is 21.3 Å². The smallest absolute Gasteiger partial charge is 0.120 e. The highest BCUT2D eigenvalue weighted by atomic mass is 79.9. The van der Waals surface area contributed by atoms with Crippen LogP contribution < -0.4 is 5.32 Å². The van der Waals surface area contributed by atoms with E-state index in [1.54, 1.807) is 6.07 Å². The zero-order valence-corrected chi connectivity index (χ0v) is 12.1. The van der Waals surface area contributed by atoms with Gasteiger partial charge in [-0.15, -0.1) is 0 Å². The average molecular weight is 306 g/mol. The first-order valence-electron chi connectivity index (χ1n) is 5.85. The van der Waals surface area contributed by atoms with Crippen molar-refractivity contribution in [2.24, 2.45) is 0 Å². The molecular weight excluding hydrogens is 290 g/mol. The first-order valence-corrected chi connectivity index (χ1v) is 6.64. The molecule has 18 heavy (non-hydrogen) atoms. The van der Waals surface area contributed by atoms with Gasteiger partial charge < -0.3 is 10.4 Å². The Kier molecular flexibility index (Phi) is 3.92. The lowest BCUT2D eigenvalue weighted by Crippen LogP contribution is -2.00. The fourth-order valence-electron chi connectivity index (χ4n) is 1.81. The Morgan fingerprint density at radius 1 is 1.11 bits per heavy atom. The van der Waals surface area contributed by atoms with Crippen molar-refractivity contribution in [1.29, 1.82) is 0 Å². The van der Waals surface area contributed by atoms with Crippen LogP contribution in [0.3, 0.4) is 0 Å². The molecule has 0 aliphatic rings. The van der Waals surface area contributed by atoms with Crippen LogP contribution in [0.4, 0.5) is 5.69 Å². The van der Waals surface area contributed by atoms with E-state index in [2.05, 4.69) is 34.2 Å². The van der Waals surface area contributed by atoms with E-state index < -0.39 is 0 Å². The van der Waals surface area contributed by atoms with Crippen LogP contribution >= 0.6 is 15.9 Å². The summed E-state index contributed by atoms with van der Waals surface area (Å²) >= 11 is 3.48. The summed E-state index contributed by atoms with van der Waals surface area (Å²) in [6, 6.07) is 11.8. The molecule has 0 radical (unpaired) electrons. The van der Waals surface area contributed by atoms with Gasteiger partial charge in [0.25, 0.3) is 0 Å². The average Bonchev–Trinajstić information content (AvgIpc) is 2.34. The molecule has 0 unspecified atom stereocenters. The standard InChI is InChI=1S/C15H16BrNO/c1-10-3-6-15(18)12(7-10)9-17-13-4-5-14(16)11(2)8-13/h3-8,17-18H,9H2,1-2H3. The highest BCUT2D eigenvalue weighted by Crippen LogP contribution is 2.22. The van der Waals surface area contributed by atoms with Crippen molar-refractivity contribution < 1.29 is 5.11 Å². The second-order valence-electron chi connectivity index (χ2n) is 4.45. The summed E-state index contributed by atoms with van der Waals surface area (Å²) < 4.78 is 1.10. The number of rotatable bonds is 3. The number of halogens is 1. The second-order valence-corrected chi connectivity index (χ2v) is 5.30. The first-order chi connectivity index (χ1) is 8.56. The number of nitrogens with one attached hydrogen (secondary N) is 1. The van der Waals surface area contributed by atoms with Gasteiger partial charge in [-0.3, -0.25) is 0 Å². The second kappa shape index (κ2) is 5.44. The Labute approximate surface area is 116 Å². The summed E-state index contributed by atoms with van der Waals surface area (Å²) in [4.78, 5) is 0. The van der Waals surface area contributed by atoms with Crippen LogP contribution in [-0.4, -0.2) is 5.11 Å². The van der Waals surface area contributed by atoms with Crippen molar-refractivity contribution >= 4 is 21.6 Å². The van der Waals surface area contributed by atoms with Gasteiger partial charge in [-0.25, -0.2) is 0 Å². The SMILES string of the molecule is Cc1ccc(O)c(CNc2ccc(Br)c(C)c2)c1. The highest BCUT2D eigenvalue weighted by molar-refractivity contribution is 9.10. The van der Waals surface area contributed by atoms with Crippen LogP contribution in [0, 0.1) is 13.8 Å². The van der Waals surface area contributed by atoms with Crippen molar-refractivity contribution in [3.63, 3.8) is 0 Å². The van der Waals surface area contributed by atoms with Gasteiger partial charge in [-0.1, -0.05) is 33.6 Å². The molecule has 2 aromatic rings. The summed E-state index contributed by atoms with van der Waals surface area (Å²) in [5.74, 6) is 0.335. The fourth-order valence-corrected chi connectivity index (χ4v) is 2.05. The van der Waals surface area contributed by atoms with E-state index in [1.165, 1.54) is 5.56 Å². The van der Waals surface area contributed by atoms with E-state index in [9.17, 15) is 5.11 Å². The number of phenolic OH excluding ortho intramolecular Hbond substituents is 1. The molecule has 0 aliphatic carbocycles. The molecule has 0 saturated carbocycles. The lowest BCUT2D eigenvalue weighted by Gasteiger charge is -2.10. The maximum absolute atomic E-state index is 9.76. The zero-order valence-electron chi connectivity index (χ0n) is 10.5. The van der Waals surface area contributed by atoms with Gasteiger partial charge in [0.15, 0.2) is 0 Å². The Bertz CT molecular complexity index is 566. The quantitative estimate of drug-likeness (QED) is 0.882. The minimum absolute atomic E-state index is 0.335. The van der Waals surface area contributed by atoms with Crippen LogP contribution in [0.25, 0.3) is 0 Å². The number of hydrogen-bond donors (Lipinski definition) is 2. The Hall–Kier alpha value is -1.48. The van der Waals surface area contributed by atoms with Gasteiger partial charge in [0, 0.05) is 22.3 Å². The van der Waals surface area contributed by atoms with E-state index in [-0.39, 0.29) is 0 Å². The van der Waals surface area contributed by atoms with Gasteiger partial charge in [0.05, 0.1) is 0 Å². The van der Waals surface area contributed by atoms with E-state index in [0.29, 0.717) is 12.3 Å². The number of benzene rings is 2. The summed E-state index contributed by atoms with van der Waals surface area (Å²) in [7, 11) is 0. The number of anilines is 1. The number of aryl methyl sites for hydroxylation is 2. The molecule has 0 spiro atoms. The third-order valence-electron chi connectivity index (χ3n) is 2.88. The Morgan fingerprint density at radius 2 is 1.89 bits per heavy atom. The normalized spacial score (nSPS) is 10.4. The summed E-state index contributed by atoms with van der Waals surface area (Å²) in [5, 5.41) is 13.1. The molecule has 0 aliphatic heterocycles. The molecule has 0 fully saturated rings. The molecule has 2 rings (SSSR count). The molecule has 0 aromatic heterocycles. The zero-order chi connectivity index (χ0) is 13.1. The van der Waals surface area contributed by atoms with Crippen molar-refractivity contribution in [3.8, 4) is 5.75 Å². The fraction of sp³-hybridized carbons (Fsp3) is 0.200. The molecular formula is C15H16BrNO. The van der Waals surface area contributed by atoms with E-state index >= 15 is 0 Å². The van der Waals surface area contributed by atoms with Crippen LogP contribution in [-0.2, 0) is 6.54 Å². The molecule has 2 nitrogen and oxygen atoms in total. The van der Waals surface area contributed by atoms with Crippen LogP contribution in [0.1, 0.15) is 16.7 Å². The van der Waals surface area contributed by atoms with Crippen LogP contribution in [0.15, 0.2) is 40.9 Å². The molecule has 0 bridgehead atoms. The van der Waals surface area contributed by atoms with E-state index in [1.807, 2.05) is 31.2 Å². The topological polar surface area (TPSA) is 32.3 Å². The molecule has 0 heterocycles. The predicted molar refractivity (Wildman–Crippen MR) is 79.0 cm³/mol. The molecule has 94 valence electrons. The highest BCUT2D eigenvalue weighted by Gasteiger charge is 2.02. The molecule has 0 amide bonds. The Morgan fingerprint density at radius 3 is 2.61 bits per heavy atom. The van der Waals surface area contributed by atoms with Gasteiger partial charge in [-0.05, 0) is 43.7 Å². The van der Waals surface area contributed by atoms with Gasteiger partial charge in [0.2, 0.25) is 0 Å². The first kappa shape index (κ1) is 13.0. The van der Waals surface area contributed by atoms with E-state index in [4.69, 9.17) is 0 Å². The monoisotopic (exact) mass is 305 g/mol. The summed E-state index contributed by atoms with van der Waals surface area (Å²) in [5.41, 5.74) is 4.30. The third-order valence-corrected chi connectivity index (χ3v) is 3.77. The number of phenols is 1. The predicted octanol–water partition coefficient (Wildman–Crippen LogP) is 4.38. The summed E-state index contributed by atoms with van der Waals surface area (Å²) in [6.45, 7) is 4.70. The van der Waals surface area contributed by atoms with Crippen LogP contribution in [0.2, 0.25) is 0 Å². The minimum Gasteiger partial charge on any atom is -0.508 e. The van der Waals surface area contributed by atoms with Gasteiger partial charge in [0.1, 0.15) is 5.75 Å². The largest absolute Gasteiger partial charge is 0.508 e. The summed E-state index contributed by atoms with van der Waals surface area (Å²) in [6.07, 6.45) is 0. The number of aromatic hydroxyl groups is 1. The van der Waals surface area contributed by atoms with Crippen LogP contribution in [0.5, 0.6) is 5.75 Å². The third kappa shape index (κ3) is 3.05. The maximum atomic E-state index is 9.76. The van der Waals surface area contributed by atoms with Crippen molar-refractivity contribution in [2.75, 3.05) is 5.32 Å². The lowest BCUT2D eigenvalue weighted by molar-refractivity contribution is 0.469. The minimum atomic E-state index is 0.335. The molecule has 2 N–H and O–H groups in total. The van der Waals surface area contributed by atoms with Gasteiger partial charge in [-0.2, -0.15) is 0 Å². The lowest BCUT2D eigenvalue weighted by atomic mass is 10.1. The number of hydrogen-bond acceptors (Lipinski definition) is 2. The molecule has 3 heteroatoms. The maximum Gasteiger partial charge on any atom is 0.120 e. The van der Waals surface area contributed by atoms with Crippen molar-refractivity contribution in [2.45, 2.75) is 20.4 Å². The van der Waals surface area contributed by atoms with Crippen molar-refractivity contribution in [1.82, 2.24) is 0 Å². The van der Waals surface area contributed by atoms with Crippen molar-refractivity contribution in [3.05, 3.63) is 57.6 Å². The molecule has 0 saturated heterocycles. The molecule has 2 aromatic carbocycles. The van der Waals surface area contributed by atoms with Gasteiger partial charge >= 0.3 is 0 Å². The molecule has 0 atom stereocenters. The Balaban J connectivity index is 2.11.